The first-order chi connectivity index (χ1) is 7.81. The van der Waals surface area contributed by atoms with Crippen molar-refractivity contribution in [1.82, 2.24) is 20.4 Å². The molecule has 0 aliphatic carbocycles. The van der Waals surface area contributed by atoms with Crippen LogP contribution in [0.2, 0.25) is 0 Å². The van der Waals surface area contributed by atoms with Gasteiger partial charge in [0.05, 0.1) is 6.54 Å². The zero-order valence-corrected chi connectivity index (χ0v) is 10.1. The summed E-state index contributed by atoms with van der Waals surface area (Å²) in [6.45, 7) is 6.40. The Morgan fingerprint density at radius 1 is 1.56 bits per heavy atom. The number of hydrogen-bond acceptors (Lipinski definition) is 5. The summed E-state index contributed by atoms with van der Waals surface area (Å²) in [7, 11) is 1.88. The maximum absolute atomic E-state index is 5.23. The van der Waals surface area contributed by atoms with Crippen LogP contribution in [0.4, 0.5) is 0 Å². The Labute approximate surface area is 96.2 Å². The predicted octanol–water partition coefficient (Wildman–Crippen LogP) is 0.673. The van der Waals surface area contributed by atoms with Crippen LogP contribution in [-0.2, 0) is 13.0 Å². The molecule has 2 rings (SSSR count). The highest BCUT2D eigenvalue weighted by atomic mass is 16.5. The van der Waals surface area contributed by atoms with Gasteiger partial charge in [0.15, 0.2) is 5.82 Å². The molecule has 1 atom stereocenters. The van der Waals surface area contributed by atoms with Gasteiger partial charge in [-0.15, -0.1) is 0 Å². The van der Waals surface area contributed by atoms with Crippen molar-refractivity contribution in [1.29, 1.82) is 0 Å². The molecular formula is C11H20N4O. The standard InChI is InChI=1S/C11H20N4O/c1-3-15-5-4-9(8-15)6-11-13-10(7-12-2)14-16-11/h9,12H,3-8H2,1-2H3. The van der Waals surface area contributed by atoms with Gasteiger partial charge in [-0.2, -0.15) is 4.98 Å². The predicted molar refractivity (Wildman–Crippen MR) is 61.0 cm³/mol. The van der Waals surface area contributed by atoms with Gasteiger partial charge in [0.25, 0.3) is 0 Å². The summed E-state index contributed by atoms with van der Waals surface area (Å²) in [6.07, 6.45) is 2.17. The van der Waals surface area contributed by atoms with Crippen molar-refractivity contribution in [2.75, 3.05) is 26.7 Å². The topological polar surface area (TPSA) is 54.2 Å². The summed E-state index contributed by atoms with van der Waals surface area (Å²) in [5.41, 5.74) is 0. The van der Waals surface area contributed by atoms with Crippen LogP contribution >= 0.6 is 0 Å². The quantitative estimate of drug-likeness (QED) is 0.797. The second-order valence-corrected chi connectivity index (χ2v) is 4.39. The summed E-state index contributed by atoms with van der Waals surface area (Å²) in [4.78, 5) is 6.82. The van der Waals surface area contributed by atoms with Crippen LogP contribution in [0, 0.1) is 5.92 Å². The first-order valence-corrected chi connectivity index (χ1v) is 6.00. The Hall–Kier alpha value is -0.940. The molecule has 5 nitrogen and oxygen atoms in total. The van der Waals surface area contributed by atoms with E-state index in [1.807, 2.05) is 7.05 Å². The van der Waals surface area contributed by atoms with Crippen molar-refractivity contribution in [3.05, 3.63) is 11.7 Å². The molecule has 1 saturated heterocycles. The highest BCUT2D eigenvalue weighted by molar-refractivity contribution is 4.89. The molecule has 2 heterocycles. The molecule has 0 saturated carbocycles. The van der Waals surface area contributed by atoms with Gasteiger partial charge in [-0.1, -0.05) is 12.1 Å². The van der Waals surface area contributed by atoms with E-state index in [1.165, 1.54) is 19.5 Å². The molecule has 1 aromatic heterocycles. The molecule has 1 aliphatic heterocycles. The Balaban J connectivity index is 1.84. The van der Waals surface area contributed by atoms with Crippen molar-refractivity contribution in [3.8, 4) is 0 Å². The van der Waals surface area contributed by atoms with Gasteiger partial charge < -0.3 is 14.7 Å². The first kappa shape index (κ1) is 11.5. The van der Waals surface area contributed by atoms with Crippen LogP contribution in [0.5, 0.6) is 0 Å². The van der Waals surface area contributed by atoms with Gasteiger partial charge >= 0.3 is 0 Å². The van der Waals surface area contributed by atoms with E-state index in [1.54, 1.807) is 0 Å². The first-order valence-electron chi connectivity index (χ1n) is 6.00. The van der Waals surface area contributed by atoms with Gasteiger partial charge in [-0.05, 0) is 32.5 Å². The number of likely N-dealkylation sites (tertiary alicyclic amines) is 1. The van der Waals surface area contributed by atoms with E-state index in [2.05, 4.69) is 27.3 Å². The zero-order chi connectivity index (χ0) is 11.4. The Morgan fingerprint density at radius 2 is 2.44 bits per heavy atom. The minimum atomic E-state index is 0.676. The van der Waals surface area contributed by atoms with Crippen molar-refractivity contribution in [3.63, 3.8) is 0 Å². The van der Waals surface area contributed by atoms with E-state index in [9.17, 15) is 0 Å². The largest absolute Gasteiger partial charge is 0.339 e. The highest BCUT2D eigenvalue weighted by Gasteiger charge is 2.23. The summed E-state index contributed by atoms with van der Waals surface area (Å²) in [5.74, 6) is 2.22. The van der Waals surface area contributed by atoms with Crippen LogP contribution in [0.15, 0.2) is 4.52 Å². The lowest BCUT2D eigenvalue weighted by Gasteiger charge is -2.11. The lowest BCUT2D eigenvalue weighted by atomic mass is 10.1. The van der Waals surface area contributed by atoms with E-state index in [-0.39, 0.29) is 0 Å². The monoisotopic (exact) mass is 224 g/mol. The fourth-order valence-corrected chi connectivity index (χ4v) is 2.22. The molecular weight excluding hydrogens is 204 g/mol. The van der Waals surface area contributed by atoms with Crippen LogP contribution in [0.25, 0.3) is 0 Å². The minimum Gasteiger partial charge on any atom is -0.339 e. The van der Waals surface area contributed by atoms with Gasteiger partial charge in [0.1, 0.15) is 0 Å². The van der Waals surface area contributed by atoms with Gasteiger partial charge in [-0.3, -0.25) is 0 Å². The molecule has 0 spiro atoms. The minimum absolute atomic E-state index is 0.676. The van der Waals surface area contributed by atoms with Crippen LogP contribution < -0.4 is 5.32 Å². The van der Waals surface area contributed by atoms with Gasteiger partial charge in [-0.25, -0.2) is 0 Å². The number of aromatic nitrogens is 2. The smallest absolute Gasteiger partial charge is 0.227 e. The SMILES string of the molecule is CCN1CCC(Cc2nc(CNC)no2)C1. The summed E-state index contributed by atoms with van der Waals surface area (Å²) in [6, 6.07) is 0. The molecule has 0 amide bonds. The third kappa shape index (κ3) is 2.80. The number of hydrogen-bond donors (Lipinski definition) is 1. The molecule has 1 aromatic rings. The Kier molecular flexibility index (Phi) is 3.90. The summed E-state index contributed by atoms with van der Waals surface area (Å²) >= 11 is 0. The second kappa shape index (κ2) is 5.41. The fraction of sp³-hybridized carbons (Fsp3) is 0.818. The molecule has 5 heteroatoms. The van der Waals surface area contributed by atoms with Crippen LogP contribution in [0.1, 0.15) is 25.1 Å². The summed E-state index contributed by atoms with van der Waals surface area (Å²) < 4.78 is 5.23. The van der Waals surface area contributed by atoms with Crippen molar-refractivity contribution < 1.29 is 4.52 Å². The lowest BCUT2D eigenvalue weighted by Crippen LogP contribution is -2.20. The highest BCUT2D eigenvalue weighted by Crippen LogP contribution is 2.19. The third-order valence-electron chi connectivity index (χ3n) is 3.13. The summed E-state index contributed by atoms with van der Waals surface area (Å²) in [5, 5.41) is 6.94. The van der Waals surface area contributed by atoms with E-state index < -0.39 is 0 Å². The van der Waals surface area contributed by atoms with Gasteiger partial charge in [0, 0.05) is 13.0 Å². The lowest BCUT2D eigenvalue weighted by molar-refractivity contribution is 0.322. The van der Waals surface area contributed by atoms with E-state index >= 15 is 0 Å². The van der Waals surface area contributed by atoms with E-state index in [0.717, 1.165) is 24.7 Å². The maximum atomic E-state index is 5.23. The molecule has 0 bridgehead atoms. The molecule has 16 heavy (non-hydrogen) atoms. The van der Waals surface area contributed by atoms with Crippen LogP contribution in [-0.4, -0.2) is 41.7 Å². The van der Waals surface area contributed by atoms with Crippen molar-refractivity contribution in [2.24, 2.45) is 5.92 Å². The number of nitrogens with zero attached hydrogens (tertiary/aromatic N) is 3. The maximum Gasteiger partial charge on any atom is 0.227 e. The molecule has 0 radical (unpaired) electrons. The second-order valence-electron chi connectivity index (χ2n) is 4.39. The molecule has 0 aromatic carbocycles. The zero-order valence-electron chi connectivity index (χ0n) is 10.1. The Morgan fingerprint density at radius 3 is 3.12 bits per heavy atom. The van der Waals surface area contributed by atoms with E-state index in [4.69, 9.17) is 4.52 Å². The molecule has 1 fully saturated rings. The Bertz CT molecular complexity index is 326. The third-order valence-corrected chi connectivity index (χ3v) is 3.13. The fourth-order valence-electron chi connectivity index (χ4n) is 2.22. The van der Waals surface area contributed by atoms with E-state index in [0.29, 0.717) is 12.5 Å². The number of nitrogens with one attached hydrogen (secondary N) is 1. The molecule has 1 N–H and O–H groups in total. The molecule has 90 valence electrons. The van der Waals surface area contributed by atoms with Crippen LogP contribution in [0.3, 0.4) is 0 Å². The average molecular weight is 224 g/mol. The van der Waals surface area contributed by atoms with Crippen molar-refractivity contribution >= 4 is 0 Å². The van der Waals surface area contributed by atoms with Crippen molar-refractivity contribution in [2.45, 2.75) is 26.3 Å². The molecule has 1 aliphatic rings. The average Bonchev–Trinajstić information content (AvgIpc) is 2.89. The molecule has 1 unspecified atom stereocenters. The normalized spacial score (nSPS) is 21.8. The van der Waals surface area contributed by atoms with Gasteiger partial charge in [0.2, 0.25) is 5.89 Å². The number of rotatable bonds is 5.